The monoisotopic (exact) mass is 265 g/mol. The van der Waals surface area contributed by atoms with Crippen LogP contribution < -0.4 is 5.32 Å². The average Bonchev–Trinajstić information content (AvgIpc) is 2.38. The quantitative estimate of drug-likeness (QED) is 0.727. The van der Waals surface area contributed by atoms with E-state index in [1.807, 2.05) is 38.1 Å². The minimum Gasteiger partial charge on any atom is -0.394 e. The summed E-state index contributed by atoms with van der Waals surface area (Å²) in [6.07, 6.45) is 0.334. The summed E-state index contributed by atoms with van der Waals surface area (Å²) < 4.78 is 0. The summed E-state index contributed by atoms with van der Waals surface area (Å²) in [4.78, 5) is 11.9. The number of carbonyl (C=O) groups is 1. The molecule has 4 heteroatoms. The molecular formula is C15H23NO3. The van der Waals surface area contributed by atoms with Crippen molar-refractivity contribution >= 4 is 5.91 Å². The maximum Gasteiger partial charge on any atom is 0.221 e. The van der Waals surface area contributed by atoms with Crippen LogP contribution in [0.25, 0.3) is 0 Å². The maximum atomic E-state index is 11.9. The molecule has 3 N–H and O–H groups in total. The lowest BCUT2D eigenvalue weighted by atomic mass is 9.93. The summed E-state index contributed by atoms with van der Waals surface area (Å²) in [6, 6.07) is 7.97. The Labute approximate surface area is 114 Å². The summed E-state index contributed by atoms with van der Waals surface area (Å²) in [7, 11) is 0. The van der Waals surface area contributed by atoms with Crippen LogP contribution in [0, 0.1) is 6.92 Å². The molecule has 19 heavy (non-hydrogen) atoms. The molecule has 0 heterocycles. The lowest BCUT2D eigenvalue weighted by molar-refractivity contribution is -0.124. The Morgan fingerprint density at radius 2 is 1.89 bits per heavy atom. The first-order valence-electron chi connectivity index (χ1n) is 6.50. The van der Waals surface area contributed by atoms with Gasteiger partial charge in [-0.3, -0.25) is 4.79 Å². The number of aliphatic hydroxyl groups excluding tert-OH is 2. The van der Waals surface area contributed by atoms with Gasteiger partial charge in [-0.2, -0.15) is 0 Å². The van der Waals surface area contributed by atoms with Gasteiger partial charge in [0.2, 0.25) is 5.91 Å². The molecule has 0 aliphatic carbocycles. The Bertz CT molecular complexity index is 427. The smallest absolute Gasteiger partial charge is 0.221 e. The van der Waals surface area contributed by atoms with Gasteiger partial charge in [-0.15, -0.1) is 0 Å². The summed E-state index contributed by atoms with van der Waals surface area (Å²) in [6.45, 7) is 5.07. The lowest BCUT2D eigenvalue weighted by Crippen LogP contribution is -2.51. The molecule has 1 rings (SSSR count). The fourth-order valence-corrected chi connectivity index (χ4v) is 2.04. The van der Waals surface area contributed by atoms with E-state index in [2.05, 4.69) is 5.32 Å². The van der Waals surface area contributed by atoms with Crippen molar-refractivity contribution in [1.82, 2.24) is 5.32 Å². The Hall–Kier alpha value is -1.39. The van der Waals surface area contributed by atoms with E-state index in [1.54, 1.807) is 6.92 Å². The van der Waals surface area contributed by atoms with Crippen LogP contribution in [0.15, 0.2) is 24.3 Å². The summed E-state index contributed by atoms with van der Waals surface area (Å²) in [5.74, 6) is -0.0656. The molecule has 0 fully saturated rings. The molecule has 0 bridgehead atoms. The number of aryl methyl sites for hydroxylation is 1. The van der Waals surface area contributed by atoms with Crippen molar-refractivity contribution < 1.29 is 15.0 Å². The zero-order chi connectivity index (χ0) is 14.5. The van der Waals surface area contributed by atoms with Crippen molar-refractivity contribution in [2.45, 2.75) is 38.6 Å². The van der Waals surface area contributed by atoms with E-state index in [4.69, 9.17) is 10.2 Å². The second-order valence-corrected chi connectivity index (χ2v) is 5.39. The van der Waals surface area contributed by atoms with Gasteiger partial charge in [0.15, 0.2) is 0 Å². The topological polar surface area (TPSA) is 69.6 Å². The first kappa shape index (κ1) is 15.7. The first-order chi connectivity index (χ1) is 8.91. The van der Waals surface area contributed by atoms with E-state index in [9.17, 15) is 4.79 Å². The Kier molecular flexibility index (Phi) is 5.51. The molecule has 1 aromatic carbocycles. The first-order valence-corrected chi connectivity index (χ1v) is 6.50. The van der Waals surface area contributed by atoms with Gasteiger partial charge < -0.3 is 15.5 Å². The Morgan fingerprint density at radius 1 is 1.32 bits per heavy atom. The Balaban J connectivity index is 2.65. The van der Waals surface area contributed by atoms with E-state index >= 15 is 0 Å². The van der Waals surface area contributed by atoms with Crippen molar-refractivity contribution in [3.63, 3.8) is 0 Å². The van der Waals surface area contributed by atoms with E-state index in [-0.39, 0.29) is 25.0 Å². The van der Waals surface area contributed by atoms with Crippen LogP contribution in [0.4, 0.5) is 0 Å². The highest BCUT2D eigenvalue weighted by Crippen LogP contribution is 2.22. The predicted molar refractivity (Wildman–Crippen MR) is 74.9 cm³/mol. The van der Waals surface area contributed by atoms with Crippen molar-refractivity contribution in [3.8, 4) is 0 Å². The van der Waals surface area contributed by atoms with Gasteiger partial charge >= 0.3 is 0 Å². The highest BCUT2D eigenvalue weighted by atomic mass is 16.3. The van der Waals surface area contributed by atoms with Gasteiger partial charge in [0.25, 0.3) is 0 Å². The molecule has 0 spiro atoms. The van der Waals surface area contributed by atoms with Gasteiger partial charge in [-0.25, -0.2) is 0 Å². The van der Waals surface area contributed by atoms with Crippen molar-refractivity contribution in [1.29, 1.82) is 0 Å². The van der Waals surface area contributed by atoms with Crippen LogP contribution in [0.5, 0.6) is 0 Å². The van der Waals surface area contributed by atoms with Crippen molar-refractivity contribution in [2.75, 3.05) is 13.2 Å². The molecule has 1 amide bonds. The van der Waals surface area contributed by atoms with Gasteiger partial charge in [-0.1, -0.05) is 31.2 Å². The predicted octanol–water partition coefficient (Wildman–Crippen LogP) is 1.35. The summed E-state index contributed by atoms with van der Waals surface area (Å²) >= 11 is 0. The summed E-state index contributed by atoms with van der Waals surface area (Å²) in [5.41, 5.74) is 1.35. The van der Waals surface area contributed by atoms with Crippen molar-refractivity contribution in [2.24, 2.45) is 0 Å². The highest BCUT2D eigenvalue weighted by Gasteiger charge is 2.25. The standard InChI is InChI=1S/C15H23NO3/c1-11-6-4-5-7-13(11)12(2)8-14(19)16-15(3,9-17)10-18/h4-7,12,17-18H,8-10H2,1-3H3,(H,16,19)/t12-/m1/s1. The number of hydrogen-bond donors (Lipinski definition) is 3. The van der Waals surface area contributed by atoms with Crippen LogP contribution in [0.3, 0.4) is 0 Å². The molecule has 0 aliphatic heterocycles. The van der Waals surface area contributed by atoms with Gasteiger partial charge in [0.1, 0.15) is 0 Å². The number of amides is 1. The number of hydrogen-bond acceptors (Lipinski definition) is 3. The van der Waals surface area contributed by atoms with Crippen molar-refractivity contribution in [3.05, 3.63) is 35.4 Å². The fourth-order valence-electron chi connectivity index (χ4n) is 2.04. The SMILES string of the molecule is Cc1ccccc1[C@H](C)CC(=O)NC(C)(CO)CO. The number of rotatable bonds is 6. The molecule has 4 nitrogen and oxygen atoms in total. The number of nitrogens with one attached hydrogen (secondary N) is 1. The van der Waals surface area contributed by atoms with Crippen LogP contribution in [0.1, 0.15) is 37.3 Å². The second kappa shape index (κ2) is 6.68. The second-order valence-electron chi connectivity index (χ2n) is 5.39. The van der Waals surface area contributed by atoms with Gasteiger partial charge in [-0.05, 0) is 30.9 Å². The molecule has 0 aromatic heterocycles. The molecule has 0 unspecified atom stereocenters. The van der Waals surface area contributed by atoms with Gasteiger partial charge in [0.05, 0.1) is 18.8 Å². The Morgan fingerprint density at radius 3 is 2.42 bits per heavy atom. The molecule has 0 radical (unpaired) electrons. The van der Waals surface area contributed by atoms with E-state index < -0.39 is 5.54 Å². The highest BCUT2D eigenvalue weighted by molar-refractivity contribution is 5.77. The summed E-state index contributed by atoms with van der Waals surface area (Å²) in [5, 5.41) is 21.0. The van der Waals surface area contributed by atoms with Crippen LogP contribution in [0.2, 0.25) is 0 Å². The lowest BCUT2D eigenvalue weighted by Gasteiger charge is -2.27. The molecule has 0 saturated heterocycles. The molecular weight excluding hydrogens is 242 g/mol. The third-order valence-electron chi connectivity index (χ3n) is 3.35. The third-order valence-corrected chi connectivity index (χ3v) is 3.35. The van der Waals surface area contributed by atoms with Crippen LogP contribution >= 0.6 is 0 Å². The van der Waals surface area contributed by atoms with Gasteiger partial charge in [0, 0.05) is 6.42 Å². The molecule has 1 atom stereocenters. The third kappa shape index (κ3) is 4.33. The molecule has 0 aliphatic rings. The largest absolute Gasteiger partial charge is 0.394 e. The fraction of sp³-hybridized carbons (Fsp3) is 0.533. The molecule has 0 saturated carbocycles. The maximum absolute atomic E-state index is 11.9. The molecule has 106 valence electrons. The van der Waals surface area contributed by atoms with Crippen LogP contribution in [-0.4, -0.2) is 34.9 Å². The van der Waals surface area contributed by atoms with Crippen LogP contribution in [-0.2, 0) is 4.79 Å². The minimum atomic E-state index is -0.956. The zero-order valence-corrected chi connectivity index (χ0v) is 11.8. The number of benzene rings is 1. The number of aliphatic hydroxyl groups is 2. The number of carbonyl (C=O) groups excluding carboxylic acids is 1. The molecule has 1 aromatic rings. The van der Waals surface area contributed by atoms with E-state index in [1.165, 1.54) is 0 Å². The van der Waals surface area contributed by atoms with E-state index in [0.29, 0.717) is 6.42 Å². The zero-order valence-electron chi connectivity index (χ0n) is 11.8. The normalized spacial score (nSPS) is 13.1. The minimum absolute atomic E-state index is 0.0998. The average molecular weight is 265 g/mol. The van der Waals surface area contributed by atoms with E-state index in [0.717, 1.165) is 11.1 Å².